The second-order valence-electron chi connectivity index (χ2n) is 6.23. The molecule has 0 radical (unpaired) electrons. The molecule has 0 bridgehead atoms. The maximum atomic E-state index is 12.4. The van der Waals surface area contributed by atoms with Crippen LogP contribution in [0.1, 0.15) is 35.8 Å². The molecule has 6 nitrogen and oxygen atoms in total. The van der Waals surface area contributed by atoms with E-state index in [1.165, 1.54) is 18.6 Å². The lowest BCUT2D eigenvalue weighted by Crippen LogP contribution is -2.54. The fourth-order valence-electron chi connectivity index (χ4n) is 2.73. The minimum absolute atomic E-state index is 0.0497. The van der Waals surface area contributed by atoms with Gasteiger partial charge in [-0.25, -0.2) is 4.98 Å². The van der Waals surface area contributed by atoms with Gasteiger partial charge in [-0.1, -0.05) is 32.0 Å². The van der Waals surface area contributed by atoms with Crippen LogP contribution in [0, 0.1) is 5.92 Å². The number of likely N-dealkylation sites (tertiary alicyclic amines) is 1. The minimum Gasteiger partial charge on any atom is -0.336 e. The predicted octanol–water partition coefficient (Wildman–Crippen LogP) is 2.31. The number of anilines is 1. The Hall–Kier alpha value is -2.76. The summed E-state index contributed by atoms with van der Waals surface area (Å²) >= 11 is 0. The topological polar surface area (TPSA) is 75.2 Å². The Kier molecular flexibility index (Phi) is 4.55. The highest BCUT2D eigenvalue weighted by Crippen LogP contribution is 2.25. The Balaban J connectivity index is 1.59. The van der Waals surface area contributed by atoms with Crippen molar-refractivity contribution in [3.05, 3.63) is 54.1 Å². The number of benzene rings is 1. The largest absolute Gasteiger partial charge is 0.336 e. The van der Waals surface area contributed by atoms with Crippen LogP contribution in [-0.4, -0.2) is 39.8 Å². The SMILES string of the molecule is CC(C)c1ccccc1NC(=O)C1CN(C(=O)c2cnccn2)C1. The van der Waals surface area contributed by atoms with Crippen LogP contribution in [0.25, 0.3) is 0 Å². The summed E-state index contributed by atoms with van der Waals surface area (Å²) in [6.45, 7) is 5.00. The van der Waals surface area contributed by atoms with Gasteiger partial charge in [0.1, 0.15) is 5.69 Å². The van der Waals surface area contributed by atoms with E-state index in [0.29, 0.717) is 24.7 Å². The van der Waals surface area contributed by atoms with Crippen LogP contribution in [0.3, 0.4) is 0 Å². The van der Waals surface area contributed by atoms with Crippen molar-refractivity contribution >= 4 is 17.5 Å². The first-order valence-corrected chi connectivity index (χ1v) is 8.01. The minimum atomic E-state index is -0.189. The van der Waals surface area contributed by atoms with Gasteiger partial charge in [0, 0.05) is 31.2 Å². The van der Waals surface area contributed by atoms with Gasteiger partial charge in [-0.15, -0.1) is 0 Å². The molecule has 1 N–H and O–H groups in total. The van der Waals surface area contributed by atoms with Crippen LogP contribution < -0.4 is 5.32 Å². The van der Waals surface area contributed by atoms with E-state index in [9.17, 15) is 9.59 Å². The van der Waals surface area contributed by atoms with E-state index in [0.717, 1.165) is 11.3 Å². The first kappa shape index (κ1) is 16.1. The van der Waals surface area contributed by atoms with Gasteiger partial charge in [0.25, 0.3) is 5.91 Å². The molecule has 2 amide bonds. The van der Waals surface area contributed by atoms with Crippen molar-refractivity contribution in [2.75, 3.05) is 18.4 Å². The molecule has 1 aromatic heterocycles. The summed E-state index contributed by atoms with van der Waals surface area (Å²) in [5.74, 6) is -0.0931. The third-order valence-electron chi connectivity index (χ3n) is 4.16. The Morgan fingerprint density at radius 1 is 1.21 bits per heavy atom. The van der Waals surface area contributed by atoms with Crippen LogP contribution in [0.2, 0.25) is 0 Å². The third-order valence-corrected chi connectivity index (χ3v) is 4.16. The highest BCUT2D eigenvalue weighted by molar-refractivity contribution is 5.97. The van der Waals surface area contributed by atoms with E-state index < -0.39 is 0 Å². The molecule has 1 aliphatic rings. The number of hydrogen-bond donors (Lipinski definition) is 1. The first-order valence-electron chi connectivity index (χ1n) is 8.01. The highest BCUT2D eigenvalue weighted by atomic mass is 16.2. The average Bonchev–Trinajstić information content (AvgIpc) is 2.54. The molecule has 0 unspecified atom stereocenters. The summed E-state index contributed by atoms with van der Waals surface area (Å²) in [6, 6.07) is 7.81. The van der Waals surface area contributed by atoms with Crippen molar-refractivity contribution in [1.82, 2.24) is 14.9 Å². The van der Waals surface area contributed by atoms with E-state index in [1.807, 2.05) is 24.3 Å². The maximum Gasteiger partial charge on any atom is 0.274 e. The van der Waals surface area contributed by atoms with Gasteiger partial charge < -0.3 is 10.2 Å². The van der Waals surface area contributed by atoms with Gasteiger partial charge in [0.05, 0.1) is 12.1 Å². The number of para-hydroxylation sites is 1. The molecule has 1 aromatic carbocycles. The predicted molar refractivity (Wildman–Crippen MR) is 90.6 cm³/mol. The van der Waals surface area contributed by atoms with Crippen molar-refractivity contribution in [2.24, 2.45) is 5.92 Å². The third kappa shape index (κ3) is 3.27. The molecule has 6 heteroatoms. The smallest absolute Gasteiger partial charge is 0.274 e. The van der Waals surface area contributed by atoms with Crippen molar-refractivity contribution < 1.29 is 9.59 Å². The Labute approximate surface area is 140 Å². The molecular weight excluding hydrogens is 304 g/mol. The molecule has 24 heavy (non-hydrogen) atoms. The Morgan fingerprint density at radius 3 is 2.62 bits per heavy atom. The standard InChI is InChI=1S/C18H20N4O2/c1-12(2)14-5-3-4-6-15(14)21-17(23)13-10-22(11-13)18(24)16-9-19-7-8-20-16/h3-9,12-13H,10-11H2,1-2H3,(H,21,23). The second kappa shape index (κ2) is 6.78. The van der Waals surface area contributed by atoms with Gasteiger partial charge >= 0.3 is 0 Å². The van der Waals surface area contributed by atoms with Crippen molar-refractivity contribution in [3.63, 3.8) is 0 Å². The molecule has 0 spiro atoms. The fourth-order valence-corrected chi connectivity index (χ4v) is 2.73. The lowest BCUT2D eigenvalue weighted by molar-refractivity contribution is -0.123. The van der Waals surface area contributed by atoms with Crippen LogP contribution in [0.4, 0.5) is 5.69 Å². The molecule has 1 saturated heterocycles. The number of amides is 2. The Morgan fingerprint density at radius 2 is 1.96 bits per heavy atom. The fraction of sp³-hybridized carbons (Fsp3) is 0.333. The van der Waals surface area contributed by atoms with Gasteiger partial charge in [-0.3, -0.25) is 14.6 Å². The molecular formula is C18H20N4O2. The zero-order chi connectivity index (χ0) is 17.1. The normalized spacial score (nSPS) is 14.4. The van der Waals surface area contributed by atoms with Crippen LogP contribution in [-0.2, 0) is 4.79 Å². The average molecular weight is 324 g/mol. The second-order valence-corrected chi connectivity index (χ2v) is 6.23. The van der Waals surface area contributed by atoms with Crippen molar-refractivity contribution in [2.45, 2.75) is 19.8 Å². The molecule has 0 aliphatic carbocycles. The molecule has 124 valence electrons. The summed E-state index contributed by atoms with van der Waals surface area (Å²) in [4.78, 5) is 34.1. The lowest BCUT2D eigenvalue weighted by atomic mass is 9.97. The summed E-state index contributed by atoms with van der Waals surface area (Å²) in [5, 5.41) is 2.99. The van der Waals surface area contributed by atoms with Crippen LogP contribution in [0.15, 0.2) is 42.9 Å². The number of carbonyl (C=O) groups is 2. The molecule has 1 fully saturated rings. The zero-order valence-electron chi connectivity index (χ0n) is 13.8. The summed E-state index contributed by atoms with van der Waals surface area (Å²) < 4.78 is 0. The number of hydrogen-bond acceptors (Lipinski definition) is 4. The van der Waals surface area contributed by atoms with E-state index in [4.69, 9.17) is 0 Å². The molecule has 2 aromatic rings. The van der Waals surface area contributed by atoms with Crippen LogP contribution >= 0.6 is 0 Å². The Bertz CT molecular complexity index is 740. The molecule has 3 rings (SSSR count). The van der Waals surface area contributed by atoms with E-state index in [1.54, 1.807) is 4.90 Å². The monoisotopic (exact) mass is 324 g/mol. The van der Waals surface area contributed by atoms with E-state index in [-0.39, 0.29) is 17.7 Å². The van der Waals surface area contributed by atoms with Gasteiger partial charge in [0.15, 0.2) is 0 Å². The van der Waals surface area contributed by atoms with Crippen molar-refractivity contribution in [1.29, 1.82) is 0 Å². The number of aromatic nitrogens is 2. The summed E-state index contributed by atoms with van der Waals surface area (Å²) in [6.07, 6.45) is 4.45. The maximum absolute atomic E-state index is 12.4. The van der Waals surface area contributed by atoms with Gasteiger partial charge in [0.2, 0.25) is 5.91 Å². The van der Waals surface area contributed by atoms with E-state index in [2.05, 4.69) is 29.1 Å². The summed E-state index contributed by atoms with van der Waals surface area (Å²) in [5.41, 5.74) is 2.26. The lowest BCUT2D eigenvalue weighted by Gasteiger charge is -2.38. The molecule has 0 atom stereocenters. The van der Waals surface area contributed by atoms with Gasteiger partial charge in [-0.2, -0.15) is 0 Å². The van der Waals surface area contributed by atoms with Gasteiger partial charge in [-0.05, 0) is 17.5 Å². The molecule has 2 heterocycles. The molecule has 1 aliphatic heterocycles. The first-order chi connectivity index (χ1) is 11.6. The highest BCUT2D eigenvalue weighted by Gasteiger charge is 2.36. The van der Waals surface area contributed by atoms with Crippen LogP contribution in [0.5, 0.6) is 0 Å². The van der Waals surface area contributed by atoms with E-state index >= 15 is 0 Å². The molecule has 0 saturated carbocycles. The number of nitrogens with zero attached hydrogens (tertiary/aromatic N) is 3. The quantitative estimate of drug-likeness (QED) is 0.936. The number of nitrogens with one attached hydrogen (secondary N) is 1. The number of carbonyl (C=O) groups excluding carboxylic acids is 2. The summed E-state index contributed by atoms with van der Waals surface area (Å²) in [7, 11) is 0. The zero-order valence-corrected chi connectivity index (χ0v) is 13.8. The number of rotatable bonds is 4. The van der Waals surface area contributed by atoms with Crippen molar-refractivity contribution in [3.8, 4) is 0 Å².